The number of benzene rings is 8. The number of hydrogen-bond donors (Lipinski definition) is 0. The Morgan fingerprint density at radius 2 is 0.977 bits per heavy atom. The van der Waals surface area contributed by atoms with Crippen LogP contribution in [-0.2, 0) is 0 Å². The molecule has 43 heavy (non-hydrogen) atoms. The van der Waals surface area contributed by atoms with Crippen LogP contribution < -0.4 is 0 Å². The lowest BCUT2D eigenvalue weighted by molar-refractivity contribution is 1.64. The highest BCUT2D eigenvalue weighted by Gasteiger charge is 2.17. The van der Waals surface area contributed by atoms with Crippen LogP contribution in [0.4, 0.5) is 0 Å². The number of thiophene rings is 1. The second-order valence-electron chi connectivity index (χ2n) is 10.7. The van der Waals surface area contributed by atoms with Gasteiger partial charge in [-0.3, -0.25) is 0 Å². The molecule has 8 aromatic carbocycles. The van der Waals surface area contributed by atoms with E-state index < -0.39 is 24.2 Å². The van der Waals surface area contributed by atoms with Gasteiger partial charge in [-0.25, -0.2) is 0 Å². The summed E-state index contributed by atoms with van der Waals surface area (Å²) in [7, 11) is 0. The molecular weight excluding hydrogens is 537 g/mol. The first kappa shape index (κ1) is 17.7. The summed E-state index contributed by atoms with van der Waals surface area (Å²) in [5.74, 6) is 0. The van der Waals surface area contributed by atoms with E-state index in [1.165, 1.54) is 15.5 Å². The highest BCUT2D eigenvalue weighted by Crippen LogP contribution is 2.45. The quantitative estimate of drug-likeness (QED) is 0.185. The van der Waals surface area contributed by atoms with E-state index in [1.54, 1.807) is 11.3 Å². The first-order chi connectivity index (χ1) is 24.7. The monoisotopic (exact) mass is 570 g/mol. The van der Waals surface area contributed by atoms with Crippen LogP contribution in [0.15, 0.2) is 158 Å². The lowest BCUT2D eigenvalue weighted by Gasteiger charge is -2.18. The van der Waals surface area contributed by atoms with Gasteiger partial charge in [0.1, 0.15) is 0 Å². The Balaban J connectivity index is 1.40. The summed E-state index contributed by atoms with van der Waals surface area (Å²) in [6, 6.07) is 33.0. The highest BCUT2D eigenvalue weighted by atomic mass is 32.1. The molecule has 0 spiro atoms. The van der Waals surface area contributed by atoms with Crippen molar-refractivity contribution in [3.63, 3.8) is 0 Å². The molecule has 0 aliphatic rings. The lowest BCUT2D eigenvalue weighted by Crippen LogP contribution is -1.91. The molecule has 1 heteroatoms. The standard InChI is InChI=1S/C42H26S/c1-2-11-30-26-31(25-20-27(30)10-1)41-36-15-5-3-13-34(36)40(35-14-4-6-16-37(35)41)29-23-21-28(22-24-29)32-17-9-18-38-33-12-7-8-19-39(33)43-42(32)38/h1-26H/i3D,4D,5D,6D,13D,14D,15D,16D. The molecular formula is C42H26S. The van der Waals surface area contributed by atoms with Gasteiger partial charge in [0, 0.05) is 20.2 Å². The molecule has 0 saturated carbocycles. The zero-order valence-electron chi connectivity index (χ0n) is 30.8. The largest absolute Gasteiger partial charge is 0.135 e. The third-order valence-corrected chi connectivity index (χ3v) is 9.52. The predicted octanol–water partition coefficient (Wildman–Crippen LogP) is 12.5. The second-order valence-corrected chi connectivity index (χ2v) is 11.7. The van der Waals surface area contributed by atoms with Gasteiger partial charge < -0.3 is 0 Å². The summed E-state index contributed by atoms with van der Waals surface area (Å²) in [5, 5.41) is 5.08. The van der Waals surface area contributed by atoms with Crippen molar-refractivity contribution < 1.29 is 11.0 Å². The summed E-state index contributed by atoms with van der Waals surface area (Å²) >= 11 is 1.73. The van der Waals surface area contributed by atoms with Gasteiger partial charge in [-0.1, -0.05) is 145 Å². The van der Waals surface area contributed by atoms with Gasteiger partial charge in [0.25, 0.3) is 0 Å². The maximum Gasteiger partial charge on any atom is 0.0629 e. The first-order valence-electron chi connectivity index (χ1n) is 18.1. The summed E-state index contributed by atoms with van der Waals surface area (Å²) < 4.78 is 74.1. The summed E-state index contributed by atoms with van der Waals surface area (Å²) in [4.78, 5) is 0. The molecule has 200 valence electrons. The van der Waals surface area contributed by atoms with Crippen molar-refractivity contribution in [3.05, 3.63) is 158 Å². The molecule has 0 atom stereocenters. The van der Waals surface area contributed by atoms with Crippen molar-refractivity contribution in [3.8, 4) is 33.4 Å². The van der Waals surface area contributed by atoms with E-state index in [0.717, 1.165) is 26.6 Å². The van der Waals surface area contributed by atoms with Gasteiger partial charge in [0.2, 0.25) is 0 Å². The number of rotatable bonds is 3. The van der Waals surface area contributed by atoms with E-state index in [9.17, 15) is 5.48 Å². The average molecular weight is 571 g/mol. The van der Waals surface area contributed by atoms with Crippen LogP contribution in [-0.4, -0.2) is 0 Å². The fraction of sp³-hybridized carbons (Fsp3) is 0. The molecule has 1 aromatic heterocycles. The van der Waals surface area contributed by atoms with Crippen molar-refractivity contribution in [2.24, 2.45) is 0 Å². The van der Waals surface area contributed by atoms with Crippen molar-refractivity contribution in [2.45, 2.75) is 0 Å². The van der Waals surface area contributed by atoms with E-state index in [2.05, 4.69) is 24.3 Å². The Morgan fingerprint density at radius 3 is 1.70 bits per heavy atom. The van der Waals surface area contributed by atoms with Crippen LogP contribution in [0.2, 0.25) is 0 Å². The van der Waals surface area contributed by atoms with Crippen molar-refractivity contribution in [1.82, 2.24) is 0 Å². The minimum absolute atomic E-state index is 0.209. The molecule has 1 heterocycles. The van der Waals surface area contributed by atoms with Gasteiger partial charge in [0.15, 0.2) is 0 Å². The van der Waals surface area contributed by atoms with Crippen LogP contribution >= 0.6 is 11.3 Å². The summed E-state index contributed by atoms with van der Waals surface area (Å²) in [6.07, 6.45) is 0. The third-order valence-electron chi connectivity index (χ3n) is 8.30. The van der Waals surface area contributed by atoms with Crippen LogP contribution in [0.5, 0.6) is 0 Å². The number of fused-ring (bicyclic) bond motifs is 6. The first-order valence-corrected chi connectivity index (χ1v) is 14.9. The zero-order valence-corrected chi connectivity index (χ0v) is 23.6. The topological polar surface area (TPSA) is 0 Å². The molecule has 0 saturated heterocycles. The molecule has 0 N–H and O–H groups in total. The Kier molecular flexibility index (Phi) is 3.97. The summed E-state index contributed by atoms with van der Waals surface area (Å²) in [6.45, 7) is 0. The predicted molar refractivity (Wildman–Crippen MR) is 188 cm³/mol. The Hall–Kier alpha value is -5.24. The van der Waals surface area contributed by atoms with Crippen molar-refractivity contribution >= 4 is 63.8 Å². The van der Waals surface area contributed by atoms with Crippen molar-refractivity contribution in [2.75, 3.05) is 0 Å². The van der Waals surface area contributed by atoms with E-state index in [0.29, 0.717) is 22.3 Å². The second kappa shape index (κ2) is 9.66. The molecule has 0 bridgehead atoms. The smallest absolute Gasteiger partial charge is 0.0629 e. The lowest BCUT2D eigenvalue weighted by atomic mass is 9.85. The average Bonchev–Trinajstić information content (AvgIpc) is 3.55. The van der Waals surface area contributed by atoms with E-state index >= 15 is 0 Å². The molecule has 9 rings (SSSR count). The maximum absolute atomic E-state index is 9.24. The Labute approximate surface area is 265 Å². The van der Waals surface area contributed by atoms with Crippen LogP contribution in [0.3, 0.4) is 0 Å². The van der Waals surface area contributed by atoms with Gasteiger partial charge in [-0.2, -0.15) is 0 Å². The molecule has 0 nitrogen and oxygen atoms in total. The highest BCUT2D eigenvalue weighted by molar-refractivity contribution is 7.26. The minimum Gasteiger partial charge on any atom is -0.135 e. The maximum atomic E-state index is 9.24. The Morgan fingerprint density at radius 1 is 0.419 bits per heavy atom. The normalized spacial score (nSPS) is 14.3. The van der Waals surface area contributed by atoms with Gasteiger partial charge in [0.05, 0.1) is 11.0 Å². The van der Waals surface area contributed by atoms with Crippen LogP contribution in [0.1, 0.15) is 11.0 Å². The molecule has 0 unspecified atom stereocenters. The minimum atomic E-state index is -0.411. The third kappa shape index (κ3) is 3.82. The molecule has 0 aliphatic carbocycles. The van der Waals surface area contributed by atoms with Gasteiger partial charge >= 0.3 is 0 Å². The van der Waals surface area contributed by atoms with Crippen LogP contribution in [0.25, 0.3) is 85.9 Å². The zero-order chi connectivity index (χ0) is 35.3. The molecule has 9 aromatic rings. The van der Waals surface area contributed by atoms with E-state index in [-0.39, 0.29) is 45.7 Å². The van der Waals surface area contributed by atoms with E-state index in [1.807, 2.05) is 84.9 Å². The van der Waals surface area contributed by atoms with E-state index in [4.69, 9.17) is 5.48 Å². The summed E-state index contributed by atoms with van der Waals surface area (Å²) in [5.41, 5.74) is 3.89. The fourth-order valence-corrected chi connectivity index (χ4v) is 7.58. The number of hydrogen-bond acceptors (Lipinski definition) is 1. The SMILES string of the molecule is [2H]c1c([2H])c([2H])c2c(-c3ccc4ccccc4c3)c3c([2H])c([2H])c([2H])c([2H])c3c(-c3ccc(-c4cccc5c4sc4ccccc45)cc3)c2c1[2H]. The van der Waals surface area contributed by atoms with Crippen LogP contribution in [0, 0.1) is 0 Å². The molecule has 0 amide bonds. The molecule has 0 aliphatic heterocycles. The fourth-order valence-electron chi connectivity index (χ4n) is 6.34. The van der Waals surface area contributed by atoms with Crippen molar-refractivity contribution in [1.29, 1.82) is 0 Å². The Bertz CT molecular complexity index is 2860. The molecule has 0 fully saturated rings. The van der Waals surface area contributed by atoms with Gasteiger partial charge in [-0.05, 0) is 77.8 Å². The van der Waals surface area contributed by atoms with Gasteiger partial charge in [-0.15, -0.1) is 11.3 Å². The molecule has 0 radical (unpaired) electrons.